The highest BCUT2D eigenvalue weighted by Gasteiger charge is 2.18. The van der Waals surface area contributed by atoms with Crippen molar-refractivity contribution in [3.8, 4) is 28.4 Å². The summed E-state index contributed by atoms with van der Waals surface area (Å²) >= 11 is 0. The maximum atomic E-state index is 12.9. The molecule has 0 radical (unpaired) electrons. The monoisotopic (exact) mass is 372 g/mol. The van der Waals surface area contributed by atoms with Crippen LogP contribution in [0.5, 0.6) is 5.88 Å². The first-order chi connectivity index (χ1) is 13.7. The largest absolute Gasteiger partial charge is 0.493 e. The van der Waals surface area contributed by atoms with Gasteiger partial charge in [-0.2, -0.15) is 14.6 Å². The molecule has 2 heterocycles. The number of benzene rings is 2. The fourth-order valence-electron chi connectivity index (χ4n) is 3.15. The second kappa shape index (κ2) is 7.60. The Morgan fingerprint density at radius 3 is 2.11 bits per heavy atom. The normalized spacial score (nSPS) is 11.0. The summed E-state index contributed by atoms with van der Waals surface area (Å²) in [6, 6.07) is 19.2. The molecule has 28 heavy (non-hydrogen) atoms. The molecule has 0 aliphatic carbocycles. The minimum Gasteiger partial charge on any atom is -0.493 e. The number of hydrogen-bond donors (Lipinski definition) is 1. The Morgan fingerprint density at radius 2 is 1.50 bits per heavy atom. The molecule has 0 atom stereocenters. The van der Waals surface area contributed by atoms with Gasteiger partial charge in [0.1, 0.15) is 11.4 Å². The molecule has 0 spiro atoms. The Balaban J connectivity index is 2.02. The predicted molar refractivity (Wildman–Crippen MR) is 108 cm³/mol. The number of fused-ring (bicyclic) bond motifs is 1. The molecule has 2 aromatic heterocycles. The fourth-order valence-corrected chi connectivity index (χ4v) is 3.15. The molecule has 0 fully saturated rings. The lowest BCUT2D eigenvalue weighted by atomic mass is 10.0. The number of nitrogens with zero attached hydrogens (tertiary/aromatic N) is 4. The highest BCUT2D eigenvalue weighted by atomic mass is 16.3. The third kappa shape index (κ3) is 3.24. The number of aromatic nitrogens is 4. The van der Waals surface area contributed by atoms with E-state index in [1.54, 1.807) is 0 Å². The van der Waals surface area contributed by atoms with Crippen molar-refractivity contribution < 1.29 is 5.11 Å². The third-order valence-electron chi connectivity index (χ3n) is 4.63. The van der Waals surface area contributed by atoms with Crippen LogP contribution in [0.3, 0.4) is 0 Å². The molecule has 0 unspecified atom stereocenters. The highest BCUT2D eigenvalue weighted by Crippen LogP contribution is 2.28. The maximum absolute atomic E-state index is 12.9. The summed E-state index contributed by atoms with van der Waals surface area (Å²) in [6.45, 7) is 2.03. The van der Waals surface area contributed by atoms with E-state index in [1.165, 1.54) is 4.52 Å². The van der Waals surface area contributed by atoms with Gasteiger partial charge in [0, 0.05) is 11.1 Å². The summed E-state index contributed by atoms with van der Waals surface area (Å²) in [5.74, 6) is -0.180. The van der Waals surface area contributed by atoms with E-state index in [0.29, 0.717) is 17.8 Å². The lowest BCUT2D eigenvalue weighted by Gasteiger charge is -2.11. The standard InChI is InChI=1S/C22H20N4O2/c1-2-3-14-17-20(27)24-22-23-18(15-10-6-4-7-11-15)19(25-26(22)21(17)28)16-12-8-5-9-13-16/h4-13,27H,2-3,14H2,1H3. The molecule has 0 bridgehead atoms. The Labute approximate surface area is 162 Å². The quantitative estimate of drug-likeness (QED) is 0.575. The third-order valence-corrected chi connectivity index (χ3v) is 4.63. The van der Waals surface area contributed by atoms with Gasteiger partial charge in [-0.1, -0.05) is 74.0 Å². The molecule has 0 amide bonds. The Bertz CT molecular complexity index is 1170. The number of rotatable bonds is 5. The van der Waals surface area contributed by atoms with Crippen LogP contribution in [0.2, 0.25) is 0 Å². The van der Waals surface area contributed by atoms with Crippen LogP contribution in [0.25, 0.3) is 28.3 Å². The van der Waals surface area contributed by atoms with Gasteiger partial charge in [-0.05, 0) is 12.8 Å². The summed E-state index contributed by atoms with van der Waals surface area (Å²) in [5.41, 5.74) is 2.82. The van der Waals surface area contributed by atoms with Gasteiger partial charge in [0.2, 0.25) is 5.88 Å². The van der Waals surface area contributed by atoms with Gasteiger partial charge >= 0.3 is 0 Å². The smallest absolute Gasteiger partial charge is 0.282 e. The second-order valence-electron chi connectivity index (χ2n) is 6.58. The highest BCUT2D eigenvalue weighted by molar-refractivity contribution is 5.78. The van der Waals surface area contributed by atoms with Crippen LogP contribution in [0.15, 0.2) is 65.5 Å². The van der Waals surface area contributed by atoms with Crippen LogP contribution in [-0.2, 0) is 6.42 Å². The molecule has 2 aromatic carbocycles. The van der Waals surface area contributed by atoms with E-state index in [0.717, 1.165) is 24.0 Å². The zero-order chi connectivity index (χ0) is 19.5. The van der Waals surface area contributed by atoms with Crippen LogP contribution < -0.4 is 5.56 Å². The van der Waals surface area contributed by atoms with Gasteiger partial charge < -0.3 is 5.11 Å². The molecule has 0 aliphatic rings. The van der Waals surface area contributed by atoms with Crippen LogP contribution in [0.1, 0.15) is 25.3 Å². The van der Waals surface area contributed by atoms with E-state index in [2.05, 4.69) is 15.1 Å². The molecule has 140 valence electrons. The summed E-state index contributed by atoms with van der Waals surface area (Å²) in [6.07, 6.45) is 2.16. The van der Waals surface area contributed by atoms with Crippen LogP contribution in [0, 0.1) is 0 Å². The lowest BCUT2D eigenvalue weighted by molar-refractivity contribution is 0.441. The molecule has 6 nitrogen and oxygen atoms in total. The van der Waals surface area contributed by atoms with Crippen LogP contribution >= 0.6 is 0 Å². The van der Waals surface area contributed by atoms with E-state index < -0.39 is 0 Å². The van der Waals surface area contributed by atoms with Crippen LogP contribution in [-0.4, -0.2) is 24.7 Å². The van der Waals surface area contributed by atoms with E-state index in [1.807, 2.05) is 67.6 Å². The molecule has 4 aromatic rings. The van der Waals surface area contributed by atoms with Gasteiger partial charge in [-0.25, -0.2) is 4.98 Å². The summed E-state index contributed by atoms with van der Waals surface area (Å²) < 4.78 is 1.19. The lowest BCUT2D eigenvalue weighted by Crippen LogP contribution is -2.23. The zero-order valence-corrected chi connectivity index (χ0v) is 15.5. The molecule has 1 N–H and O–H groups in total. The van der Waals surface area contributed by atoms with E-state index in [4.69, 9.17) is 0 Å². The van der Waals surface area contributed by atoms with Crippen molar-refractivity contribution in [3.05, 3.63) is 76.6 Å². The SMILES string of the molecule is CCCCc1c(O)nc2nc(-c3ccccc3)c(-c3ccccc3)nn2c1=O. The zero-order valence-electron chi connectivity index (χ0n) is 15.5. The van der Waals surface area contributed by atoms with Crippen molar-refractivity contribution >= 4 is 5.78 Å². The van der Waals surface area contributed by atoms with Crippen molar-refractivity contribution in [2.45, 2.75) is 26.2 Å². The van der Waals surface area contributed by atoms with Crippen molar-refractivity contribution in [3.63, 3.8) is 0 Å². The summed E-state index contributed by atoms with van der Waals surface area (Å²) in [7, 11) is 0. The number of aromatic hydroxyl groups is 1. The fraction of sp³-hybridized carbons (Fsp3) is 0.182. The topological polar surface area (TPSA) is 80.4 Å². The molecule has 4 rings (SSSR count). The maximum Gasteiger partial charge on any atom is 0.282 e. The van der Waals surface area contributed by atoms with Gasteiger partial charge in [-0.15, -0.1) is 0 Å². The number of hydrogen-bond acceptors (Lipinski definition) is 5. The molecular formula is C22H20N4O2. The average molecular weight is 372 g/mol. The number of unbranched alkanes of at least 4 members (excludes halogenated alkanes) is 1. The first-order valence-corrected chi connectivity index (χ1v) is 9.33. The Morgan fingerprint density at radius 1 is 0.893 bits per heavy atom. The minimum absolute atomic E-state index is 0.0845. The Kier molecular flexibility index (Phi) is 4.85. The van der Waals surface area contributed by atoms with Gasteiger partial charge in [-0.3, -0.25) is 4.79 Å². The van der Waals surface area contributed by atoms with Gasteiger partial charge in [0.05, 0.1) is 5.56 Å². The minimum atomic E-state index is -0.375. The summed E-state index contributed by atoms with van der Waals surface area (Å²) in [5, 5.41) is 14.9. The molecular weight excluding hydrogens is 352 g/mol. The average Bonchev–Trinajstić information content (AvgIpc) is 2.74. The van der Waals surface area contributed by atoms with E-state index in [-0.39, 0.29) is 22.8 Å². The van der Waals surface area contributed by atoms with Crippen molar-refractivity contribution in [1.29, 1.82) is 0 Å². The van der Waals surface area contributed by atoms with Crippen LogP contribution in [0.4, 0.5) is 0 Å². The second-order valence-corrected chi connectivity index (χ2v) is 6.58. The first kappa shape index (κ1) is 17.9. The van der Waals surface area contributed by atoms with Gasteiger partial charge in [0.25, 0.3) is 11.3 Å². The Hall–Kier alpha value is -3.54. The summed E-state index contributed by atoms with van der Waals surface area (Å²) in [4.78, 5) is 21.7. The van der Waals surface area contributed by atoms with E-state index >= 15 is 0 Å². The van der Waals surface area contributed by atoms with Crippen molar-refractivity contribution in [2.75, 3.05) is 0 Å². The molecule has 0 aliphatic heterocycles. The predicted octanol–water partition coefficient (Wildman–Crippen LogP) is 3.87. The molecule has 0 saturated carbocycles. The van der Waals surface area contributed by atoms with E-state index in [9.17, 15) is 9.90 Å². The van der Waals surface area contributed by atoms with Crippen molar-refractivity contribution in [2.24, 2.45) is 0 Å². The van der Waals surface area contributed by atoms with Crippen molar-refractivity contribution in [1.82, 2.24) is 19.6 Å². The molecule has 6 heteroatoms. The molecule has 0 saturated heterocycles. The first-order valence-electron chi connectivity index (χ1n) is 9.33. The van der Waals surface area contributed by atoms with Gasteiger partial charge in [0.15, 0.2) is 0 Å².